The number of aromatic nitrogens is 2. The van der Waals surface area contributed by atoms with Gasteiger partial charge in [0.2, 0.25) is 22.9 Å². The Labute approximate surface area is 424 Å². The first-order valence-corrected chi connectivity index (χ1v) is 23.9. The zero-order valence-corrected chi connectivity index (χ0v) is 43.3. The van der Waals surface area contributed by atoms with Crippen LogP contribution >= 0.6 is 46.2 Å². The number of hydrogen-bond donors (Lipinski definition) is 0. The zero-order chi connectivity index (χ0) is 43.6. The lowest BCUT2D eigenvalue weighted by Gasteiger charge is -2.09. The number of halogens is 2. The van der Waals surface area contributed by atoms with E-state index in [0.29, 0.717) is 43.5 Å². The Kier molecular flexibility index (Phi) is 19.3. The predicted molar refractivity (Wildman–Crippen MR) is 247 cm³/mol. The molecule has 330 valence electrons. The maximum atomic E-state index is 14.2. The third-order valence-corrected chi connectivity index (χ3v) is 15.0. The van der Waals surface area contributed by atoms with Crippen molar-refractivity contribution in [2.75, 3.05) is 13.2 Å². The van der Waals surface area contributed by atoms with Crippen LogP contribution in [0, 0.1) is 13.8 Å². The molecule has 0 atom stereocenters. The number of carbonyl (C=O) groups excluding carboxylic acids is 4. The van der Waals surface area contributed by atoms with Crippen LogP contribution in [0.5, 0.6) is 0 Å². The first-order valence-electron chi connectivity index (χ1n) is 20.3. The van der Waals surface area contributed by atoms with Crippen molar-refractivity contribution in [1.29, 1.82) is 0 Å². The van der Waals surface area contributed by atoms with E-state index in [-0.39, 0.29) is 85.6 Å². The van der Waals surface area contributed by atoms with Crippen LogP contribution in [0.15, 0.2) is 142 Å². The molecule has 0 N–H and O–H groups in total. The van der Waals surface area contributed by atoms with Crippen LogP contribution in [0.25, 0.3) is 11.4 Å². The summed E-state index contributed by atoms with van der Waals surface area (Å²) < 4.78 is 16.6. The number of hydrogen-bond acceptors (Lipinski definition) is 10. The van der Waals surface area contributed by atoms with Crippen molar-refractivity contribution < 1.29 is 85.7 Å². The number of pyridine rings is 2. The van der Waals surface area contributed by atoms with Crippen molar-refractivity contribution in [1.82, 2.24) is 0 Å². The van der Waals surface area contributed by atoms with Gasteiger partial charge in [0.1, 0.15) is 8.42 Å². The highest BCUT2D eigenvalue weighted by atomic mass is 127. The molecular formula is C50H46I2N2O6S4. The van der Waals surface area contributed by atoms with Gasteiger partial charge >= 0.3 is 11.9 Å². The predicted octanol–water partition coefficient (Wildman–Crippen LogP) is 4.25. The maximum absolute atomic E-state index is 14.2. The van der Waals surface area contributed by atoms with E-state index >= 15 is 0 Å². The molecule has 64 heavy (non-hydrogen) atoms. The number of carbonyl (C=O) groups is 4. The zero-order valence-electron chi connectivity index (χ0n) is 35.7. The number of ether oxygens (including phenoxy) is 2. The van der Waals surface area contributed by atoms with Crippen molar-refractivity contribution in [2.45, 2.75) is 60.5 Å². The fraction of sp³-hybridized carbons (Fsp3) is 0.200. The first kappa shape index (κ1) is 50.8. The molecule has 0 amide bonds. The van der Waals surface area contributed by atoms with Crippen LogP contribution < -0.4 is 57.1 Å². The molecule has 0 bridgehead atoms. The normalized spacial score (nSPS) is 10.7. The highest BCUT2D eigenvalue weighted by Crippen LogP contribution is 2.43. The number of nitrogens with zero attached hydrogens (tertiary/aromatic N) is 2. The molecule has 8 nitrogen and oxygen atoms in total. The molecule has 4 aromatic heterocycles. The van der Waals surface area contributed by atoms with Gasteiger partial charge in [-0.3, -0.25) is 19.2 Å². The maximum Gasteiger partial charge on any atom is 0.310 e. The van der Waals surface area contributed by atoms with Gasteiger partial charge in [0, 0.05) is 46.9 Å². The topological polar surface area (TPSA) is 94.5 Å². The van der Waals surface area contributed by atoms with Gasteiger partial charge in [-0.1, -0.05) is 84.9 Å². The second-order valence-electron chi connectivity index (χ2n) is 14.4. The summed E-state index contributed by atoms with van der Waals surface area (Å²) in [6, 6.07) is 34.6. The van der Waals surface area contributed by atoms with Crippen LogP contribution in [0.2, 0.25) is 0 Å². The smallest absolute Gasteiger partial charge is 0.310 e. The lowest BCUT2D eigenvalue weighted by molar-refractivity contribution is -0.598. The van der Waals surface area contributed by atoms with E-state index in [0.717, 1.165) is 42.0 Å². The van der Waals surface area contributed by atoms with Gasteiger partial charge in [-0.15, -0.1) is 46.2 Å². The van der Waals surface area contributed by atoms with Crippen molar-refractivity contribution in [3.8, 4) is 11.4 Å². The molecule has 0 saturated carbocycles. The highest BCUT2D eigenvalue weighted by molar-refractivity contribution is 8.01. The molecule has 0 saturated heterocycles. The number of benzene rings is 3. The van der Waals surface area contributed by atoms with E-state index in [2.05, 4.69) is 12.1 Å². The molecule has 7 aromatic rings. The van der Waals surface area contributed by atoms with Gasteiger partial charge < -0.3 is 57.4 Å². The van der Waals surface area contributed by atoms with E-state index in [4.69, 9.17) is 9.47 Å². The standard InChI is InChI=1S/C50H46N2O6S4.2HI/c1-5-57-41(53)29-39-43(51-25-21-33(3)22-26-51)49(61-47(39)45(55)35-15-9-7-10-16-35)59-31-37-19-13-14-20-38(37)32-60-50-44(52-27-23-34(4)24-28-52)40(30-42(54)58-6-2)48(62-50)46(56)36-17-11-8-12-18-36;;/h7-28H,5-6,29-32H2,1-4H3;2*1H/q+2;;/p-2. The molecule has 4 heterocycles. The molecule has 0 aliphatic carbocycles. The van der Waals surface area contributed by atoms with E-state index in [9.17, 15) is 19.2 Å². The third kappa shape index (κ3) is 12.4. The fourth-order valence-electron chi connectivity index (χ4n) is 6.86. The molecule has 0 unspecified atom stereocenters. The summed E-state index contributed by atoms with van der Waals surface area (Å²) in [5.41, 5.74) is 8.35. The summed E-state index contributed by atoms with van der Waals surface area (Å²) in [5, 5.41) is 0. The van der Waals surface area contributed by atoms with Gasteiger partial charge in [0.25, 0.3) is 0 Å². The summed E-state index contributed by atoms with van der Waals surface area (Å²) in [4.78, 5) is 55.7. The number of ketones is 2. The van der Waals surface area contributed by atoms with Crippen LogP contribution in [-0.2, 0) is 43.4 Å². The second-order valence-corrected chi connectivity index (χ2v) is 18.9. The van der Waals surface area contributed by atoms with E-state index in [1.165, 1.54) is 22.7 Å². The summed E-state index contributed by atoms with van der Waals surface area (Å²) in [6.45, 7) is 8.08. The molecule has 7 rings (SSSR count). The van der Waals surface area contributed by atoms with Gasteiger partial charge in [0.15, 0.2) is 24.8 Å². The SMILES string of the molecule is CCOC(=O)Cc1c(C(=O)c2ccccc2)sc(SCc2ccccc2CSc2sc(C(=O)c3ccccc3)c(CC(=O)OCC)c2-[n+]2ccc(C)cc2)c1-[n+]1ccc(C)cc1.[I-].[I-]. The third-order valence-electron chi connectivity index (χ3n) is 9.98. The van der Waals surface area contributed by atoms with Crippen LogP contribution in [-0.4, -0.2) is 36.7 Å². The van der Waals surface area contributed by atoms with Gasteiger partial charge in [-0.25, -0.2) is 0 Å². The average molecular weight is 1150 g/mol. The molecule has 0 fully saturated rings. The quantitative estimate of drug-likeness (QED) is 0.0415. The van der Waals surface area contributed by atoms with Gasteiger partial charge in [-0.2, -0.15) is 9.13 Å². The lowest BCUT2D eigenvalue weighted by Crippen LogP contribution is -3.00. The molecule has 3 aromatic carbocycles. The summed E-state index contributed by atoms with van der Waals surface area (Å²) in [7, 11) is 0. The number of aryl methyl sites for hydroxylation is 2. The van der Waals surface area contributed by atoms with Crippen molar-refractivity contribution >= 4 is 69.7 Å². The molecule has 0 spiro atoms. The number of thiophene rings is 2. The molecule has 0 radical (unpaired) electrons. The van der Waals surface area contributed by atoms with Crippen molar-refractivity contribution in [3.05, 3.63) is 188 Å². The number of esters is 2. The van der Waals surface area contributed by atoms with Crippen LogP contribution in [0.4, 0.5) is 0 Å². The number of thioether (sulfide) groups is 2. The molecular weight excluding hydrogens is 1110 g/mol. The Bertz CT molecular complexity index is 2520. The van der Waals surface area contributed by atoms with E-state index in [1.807, 2.05) is 121 Å². The highest BCUT2D eigenvalue weighted by Gasteiger charge is 2.34. The summed E-state index contributed by atoms with van der Waals surface area (Å²) in [5.74, 6) is 0.109. The number of rotatable bonds is 18. The van der Waals surface area contributed by atoms with Crippen molar-refractivity contribution in [2.24, 2.45) is 0 Å². The minimum absolute atomic E-state index is 0. The van der Waals surface area contributed by atoms with Crippen LogP contribution in [0.3, 0.4) is 0 Å². The lowest BCUT2D eigenvalue weighted by atomic mass is 10.0. The monoisotopic (exact) mass is 1150 g/mol. The van der Waals surface area contributed by atoms with Gasteiger partial charge in [-0.05, 0) is 49.9 Å². The van der Waals surface area contributed by atoms with Gasteiger partial charge in [0.05, 0.1) is 46.9 Å². The summed E-state index contributed by atoms with van der Waals surface area (Å²) in [6.07, 6.45) is 7.78. The van der Waals surface area contributed by atoms with Crippen molar-refractivity contribution in [3.63, 3.8) is 0 Å². The molecule has 0 aliphatic rings. The second kappa shape index (κ2) is 24.4. The Morgan fingerprint density at radius 1 is 0.516 bits per heavy atom. The Morgan fingerprint density at radius 2 is 0.859 bits per heavy atom. The largest absolute Gasteiger partial charge is 1.00 e. The average Bonchev–Trinajstić information content (AvgIpc) is 3.83. The van der Waals surface area contributed by atoms with E-state index in [1.54, 1.807) is 61.6 Å². The minimum Gasteiger partial charge on any atom is -1.00 e. The molecule has 0 aliphatic heterocycles. The first-order chi connectivity index (χ1) is 30.1. The minimum atomic E-state index is -0.393. The molecule has 14 heteroatoms. The Balaban J connectivity index is 0.00000385. The summed E-state index contributed by atoms with van der Waals surface area (Å²) >= 11 is 6.07. The van der Waals surface area contributed by atoms with Crippen LogP contribution in [0.1, 0.15) is 77.7 Å². The van der Waals surface area contributed by atoms with E-state index < -0.39 is 11.9 Å². The Hall–Kier alpha value is -4.20. The fourth-order valence-corrected chi connectivity index (χ4v) is 12.1. The Morgan fingerprint density at radius 3 is 1.20 bits per heavy atom.